The maximum Gasteiger partial charge on any atom is 0.332 e. The third kappa shape index (κ3) is 2.11. The second-order valence-corrected chi connectivity index (χ2v) is 5.13. The highest BCUT2D eigenvalue weighted by Crippen LogP contribution is 2.09. The fraction of sp³-hybridized carbons (Fsp3) is 0.500. The van der Waals surface area contributed by atoms with E-state index in [1.165, 1.54) is 14.1 Å². The van der Waals surface area contributed by atoms with Crippen LogP contribution in [0.5, 0.6) is 0 Å². The monoisotopic (exact) mass is 262 g/mol. The highest BCUT2D eigenvalue weighted by molar-refractivity contribution is 7.89. The van der Waals surface area contributed by atoms with Crippen molar-refractivity contribution in [2.45, 2.75) is 11.8 Å². The molecule has 8 nitrogen and oxygen atoms in total. The van der Waals surface area contributed by atoms with Crippen LogP contribution in [0.25, 0.3) is 0 Å². The minimum absolute atomic E-state index is 0.119. The van der Waals surface area contributed by atoms with E-state index in [0.717, 1.165) is 4.57 Å². The smallest absolute Gasteiger partial charge is 0.332 e. The molecule has 0 aliphatic rings. The molecule has 0 saturated carbocycles. The lowest BCUT2D eigenvalue weighted by Gasteiger charge is -2.11. The summed E-state index contributed by atoms with van der Waals surface area (Å²) in [5.74, 6) is -0.376. The van der Waals surface area contributed by atoms with Gasteiger partial charge < -0.3 is 5.73 Å². The number of nitrogen functional groups attached to an aromatic ring is 1. The fourth-order valence-electron chi connectivity index (χ4n) is 1.34. The second kappa shape index (κ2) is 4.34. The SMILES string of the molecule is CCNS(=O)(=O)c1c(N)n(C)c(=O)n(C)c1=O. The number of anilines is 1. The second-order valence-electron chi connectivity index (χ2n) is 3.42. The van der Waals surface area contributed by atoms with Crippen LogP contribution in [0.2, 0.25) is 0 Å². The van der Waals surface area contributed by atoms with Crippen LogP contribution < -0.4 is 21.7 Å². The van der Waals surface area contributed by atoms with E-state index in [2.05, 4.69) is 4.72 Å². The summed E-state index contributed by atoms with van der Waals surface area (Å²) >= 11 is 0. The van der Waals surface area contributed by atoms with E-state index in [-0.39, 0.29) is 12.4 Å². The van der Waals surface area contributed by atoms with Crippen molar-refractivity contribution >= 4 is 15.8 Å². The van der Waals surface area contributed by atoms with Gasteiger partial charge in [0, 0.05) is 20.6 Å². The molecule has 0 bridgehead atoms. The van der Waals surface area contributed by atoms with Gasteiger partial charge in [-0.2, -0.15) is 0 Å². The molecule has 3 N–H and O–H groups in total. The molecule has 0 aliphatic carbocycles. The minimum atomic E-state index is -4.00. The van der Waals surface area contributed by atoms with Gasteiger partial charge in [-0.25, -0.2) is 17.9 Å². The highest BCUT2D eigenvalue weighted by Gasteiger charge is 2.25. The molecule has 0 unspecified atom stereocenters. The maximum atomic E-state index is 11.8. The molecule has 0 aromatic carbocycles. The predicted molar refractivity (Wildman–Crippen MR) is 62.2 cm³/mol. The summed E-state index contributed by atoms with van der Waals surface area (Å²) in [6.45, 7) is 1.69. The minimum Gasteiger partial charge on any atom is -0.384 e. The van der Waals surface area contributed by atoms with E-state index < -0.39 is 26.2 Å². The summed E-state index contributed by atoms with van der Waals surface area (Å²) in [5.41, 5.74) is 3.88. The molecule has 0 saturated heterocycles. The summed E-state index contributed by atoms with van der Waals surface area (Å²) in [6.07, 6.45) is 0. The Morgan fingerprint density at radius 1 is 1.24 bits per heavy atom. The number of nitrogens with one attached hydrogen (secondary N) is 1. The summed E-state index contributed by atoms with van der Waals surface area (Å²) in [6, 6.07) is 0. The zero-order valence-corrected chi connectivity index (χ0v) is 10.5. The normalized spacial score (nSPS) is 11.7. The van der Waals surface area contributed by atoms with Crippen molar-refractivity contribution in [2.75, 3.05) is 12.3 Å². The lowest BCUT2D eigenvalue weighted by molar-refractivity contribution is 0.575. The van der Waals surface area contributed by atoms with E-state index in [9.17, 15) is 18.0 Å². The number of hydrogen-bond donors (Lipinski definition) is 2. The first-order valence-electron chi connectivity index (χ1n) is 4.79. The van der Waals surface area contributed by atoms with E-state index in [4.69, 9.17) is 5.73 Å². The number of nitrogens with two attached hydrogens (primary N) is 1. The van der Waals surface area contributed by atoms with Gasteiger partial charge in [0.2, 0.25) is 10.0 Å². The first kappa shape index (κ1) is 13.5. The average molecular weight is 262 g/mol. The average Bonchev–Trinajstić information content (AvgIpc) is 2.23. The van der Waals surface area contributed by atoms with Crippen LogP contribution in [0.1, 0.15) is 6.92 Å². The van der Waals surface area contributed by atoms with E-state index in [0.29, 0.717) is 4.57 Å². The van der Waals surface area contributed by atoms with Crippen molar-refractivity contribution in [1.29, 1.82) is 0 Å². The van der Waals surface area contributed by atoms with Crippen LogP contribution in [0.3, 0.4) is 0 Å². The molecular formula is C8H14N4O4S. The number of aromatic nitrogens is 2. The first-order valence-corrected chi connectivity index (χ1v) is 6.27. The van der Waals surface area contributed by atoms with Crippen LogP contribution in [-0.2, 0) is 24.1 Å². The molecule has 0 amide bonds. The highest BCUT2D eigenvalue weighted by atomic mass is 32.2. The lowest BCUT2D eigenvalue weighted by atomic mass is 10.5. The van der Waals surface area contributed by atoms with Crippen LogP contribution in [0.15, 0.2) is 14.5 Å². The third-order valence-corrected chi connectivity index (χ3v) is 3.86. The van der Waals surface area contributed by atoms with Gasteiger partial charge in [-0.15, -0.1) is 0 Å². The molecule has 17 heavy (non-hydrogen) atoms. The van der Waals surface area contributed by atoms with Gasteiger partial charge in [0.1, 0.15) is 5.82 Å². The summed E-state index contributed by atoms with van der Waals surface area (Å²) in [5, 5.41) is 0. The van der Waals surface area contributed by atoms with Crippen LogP contribution >= 0.6 is 0 Å². The molecular weight excluding hydrogens is 248 g/mol. The molecule has 1 aromatic rings. The van der Waals surface area contributed by atoms with Crippen LogP contribution in [0, 0.1) is 0 Å². The van der Waals surface area contributed by atoms with Gasteiger partial charge in [0.15, 0.2) is 4.90 Å². The molecule has 0 atom stereocenters. The van der Waals surface area contributed by atoms with Crippen LogP contribution in [0.4, 0.5) is 5.82 Å². The fourth-order valence-corrected chi connectivity index (χ4v) is 2.65. The Morgan fingerprint density at radius 3 is 2.24 bits per heavy atom. The van der Waals surface area contributed by atoms with Gasteiger partial charge in [-0.05, 0) is 0 Å². The molecule has 0 radical (unpaired) electrons. The Balaban J connectivity index is 3.80. The van der Waals surface area contributed by atoms with Crippen molar-refractivity contribution in [1.82, 2.24) is 13.9 Å². The number of sulfonamides is 1. The van der Waals surface area contributed by atoms with Crippen molar-refractivity contribution in [3.05, 3.63) is 20.8 Å². The Labute approximate surface area is 97.7 Å². The van der Waals surface area contributed by atoms with Gasteiger partial charge in [0.05, 0.1) is 0 Å². The number of rotatable bonds is 3. The predicted octanol–water partition coefficient (Wildman–Crippen LogP) is -2.04. The summed E-state index contributed by atoms with van der Waals surface area (Å²) in [4.78, 5) is 22.6. The van der Waals surface area contributed by atoms with Crippen LogP contribution in [-0.4, -0.2) is 24.1 Å². The molecule has 96 valence electrons. The Kier molecular flexibility index (Phi) is 3.43. The van der Waals surface area contributed by atoms with E-state index in [1.807, 2.05) is 0 Å². The largest absolute Gasteiger partial charge is 0.384 e. The van der Waals surface area contributed by atoms with Crippen molar-refractivity contribution in [3.63, 3.8) is 0 Å². The van der Waals surface area contributed by atoms with Gasteiger partial charge >= 0.3 is 5.69 Å². The number of nitrogens with zero attached hydrogens (tertiary/aromatic N) is 2. The Bertz CT molecular complexity index is 655. The molecule has 1 rings (SSSR count). The zero-order chi connectivity index (χ0) is 13.4. The van der Waals surface area contributed by atoms with Gasteiger partial charge in [-0.1, -0.05) is 6.92 Å². The molecule has 1 aromatic heterocycles. The number of hydrogen-bond acceptors (Lipinski definition) is 5. The maximum absolute atomic E-state index is 11.8. The summed E-state index contributed by atoms with van der Waals surface area (Å²) < 4.78 is 27.3. The van der Waals surface area contributed by atoms with Gasteiger partial charge in [-0.3, -0.25) is 13.9 Å². The third-order valence-electron chi connectivity index (χ3n) is 2.27. The lowest BCUT2D eigenvalue weighted by Crippen LogP contribution is -2.43. The Morgan fingerprint density at radius 2 is 1.76 bits per heavy atom. The molecule has 9 heteroatoms. The van der Waals surface area contributed by atoms with Crippen molar-refractivity contribution < 1.29 is 8.42 Å². The summed E-state index contributed by atoms with van der Waals surface area (Å²) in [7, 11) is -1.52. The quantitative estimate of drug-likeness (QED) is 0.651. The molecule has 0 aliphatic heterocycles. The van der Waals surface area contributed by atoms with E-state index >= 15 is 0 Å². The van der Waals surface area contributed by atoms with Gasteiger partial charge in [0.25, 0.3) is 5.56 Å². The van der Waals surface area contributed by atoms with E-state index in [1.54, 1.807) is 6.92 Å². The molecule has 1 heterocycles. The Hall–Kier alpha value is -1.61. The molecule has 0 spiro atoms. The van der Waals surface area contributed by atoms with Crippen molar-refractivity contribution in [2.24, 2.45) is 14.1 Å². The van der Waals surface area contributed by atoms with Crippen molar-refractivity contribution in [3.8, 4) is 0 Å². The zero-order valence-electron chi connectivity index (χ0n) is 9.72. The standard InChI is InChI=1S/C8H14N4O4S/c1-4-10-17(15,16)5-6(9)11(2)8(14)12(3)7(5)13/h10H,4,9H2,1-3H3. The molecule has 0 fully saturated rings. The first-order chi connectivity index (χ1) is 7.74. The topological polar surface area (TPSA) is 116 Å².